The quantitative estimate of drug-likeness (QED) is 0.505. The number of benzene rings is 2. The van der Waals surface area contributed by atoms with Crippen LogP contribution >= 0.6 is 11.3 Å². The molecule has 2 aromatic carbocycles. The molecular formula is C26H31N3OS. The predicted molar refractivity (Wildman–Crippen MR) is 127 cm³/mol. The molecule has 1 aliphatic rings. The summed E-state index contributed by atoms with van der Waals surface area (Å²) in [6.45, 7) is 6.32. The van der Waals surface area contributed by atoms with Crippen LogP contribution in [0.4, 0.5) is 0 Å². The average Bonchev–Trinajstić information content (AvgIpc) is 3.22. The van der Waals surface area contributed by atoms with E-state index in [0.29, 0.717) is 12.5 Å². The Kier molecular flexibility index (Phi) is 7.49. The van der Waals surface area contributed by atoms with E-state index in [2.05, 4.69) is 63.5 Å². The van der Waals surface area contributed by atoms with Crippen molar-refractivity contribution in [1.82, 2.24) is 14.8 Å². The Bertz CT molecular complexity index is 949. The number of thiazole rings is 1. The molecule has 31 heavy (non-hydrogen) atoms. The van der Waals surface area contributed by atoms with Crippen LogP contribution in [-0.4, -0.2) is 40.3 Å². The van der Waals surface area contributed by atoms with Gasteiger partial charge in [-0.15, -0.1) is 11.3 Å². The molecule has 0 spiro atoms. The number of piperidine rings is 1. The summed E-state index contributed by atoms with van der Waals surface area (Å²) in [5.41, 5.74) is 3.63. The number of likely N-dealkylation sites (tertiary alicyclic amines) is 1. The van der Waals surface area contributed by atoms with E-state index in [4.69, 9.17) is 0 Å². The topological polar surface area (TPSA) is 36.4 Å². The second-order valence-corrected chi connectivity index (χ2v) is 9.45. The molecule has 1 aromatic heterocycles. The third-order valence-corrected chi connectivity index (χ3v) is 6.85. The number of hydrogen-bond donors (Lipinski definition) is 0. The van der Waals surface area contributed by atoms with Crippen LogP contribution in [-0.2, 0) is 24.3 Å². The lowest BCUT2D eigenvalue weighted by Gasteiger charge is -2.34. The Balaban J connectivity index is 1.36. The maximum atomic E-state index is 13.5. The number of aryl methyl sites for hydroxylation is 1. The molecule has 1 saturated heterocycles. The molecule has 0 radical (unpaired) electrons. The molecule has 0 unspecified atom stereocenters. The fourth-order valence-electron chi connectivity index (χ4n) is 4.29. The lowest BCUT2D eigenvalue weighted by Crippen LogP contribution is -2.42. The molecule has 0 bridgehead atoms. The highest BCUT2D eigenvalue weighted by Crippen LogP contribution is 2.23. The molecule has 0 aliphatic carbocycles. The van der Waals surface area contributed by atoms with E-state index in [-0.39, 0.29) is 5.92 Å². The van der Waals surface area contributed by atoms with Crippen molar-refractivity contribution in [2.75, 3.05) is 19.6 Å². The zero-order valence-electron chi connectivity index (χ0n) is 18.2. The van der Waals surface area contributed by atoms with Gasteiger partial charge in [0.15, 0.2) is 0 Å². The standard InChI is InChI=1S/C26H31N3OS/c1-21-27-25(20-31-21)19-28-15-13-24(14-16-28)26(30)29(18-23-10-6-3-7-11-23)17-12-22-8-4-2-5-9-22/h2-11,20,24H,12-19H2,1H3. The van der Waals surface area contributed by atoms with Gasteiger partial charge in [-0.25, -0.2) is 4.98 Å². The van der Waals surface area contributed by atoms with Gasteiger partial charge in [-0.1, -0.05) is 60.7 Å². The number of carbonyl (C=O) groups is 1. The lowest BCUT2D eigenvalue weighted by atomic mass is 9.94. The van der Waals surface area contributed by atoms with Crippen molar-refractivity contribution in [2.45, 2.75) is 39.3 Å². The number of nitrogens with zero attached hydrogens (tertiary/aromatic N) is 3. The van der Waals surface area contributed by atoms with Gasteiger partial charge in [0, 0.05) is 30.9 Å². The number of amides is 1. The van der Waals surface area contributed by atoms with Gasteiger partial charge in [-0.05, 0) is 50.4 Å². The van der Waals surface area contributed by atoms with E-state index in [1.807, 2.05) is 24.3 Å². The molecule has 5 heteroatoms. The molecule has 4 rings (SSSR count). The average molecular weight is 434 g/mol. The minimum absolute atomic E-state index is 0.118. The van der Waals surface area contributed by atoms with E-state index in [1.54, 1.807) is 11.3 Å². The van der Waals surface area contributed by atoms with Crippen LogP contribution in [0.2, 0.25) is 0 Å². The second-order valence-electron chi connectivity index (χ2n) is 8.39. The summed E-state index contributed by atoms with van der Waals surface area (Å²) in [4.78, 5) is 22.6. The molecule has 1 amide bonds. The Hall–Kier alpha value is -2.50. The zero-order valence-corrected chi connectivity index (χ0v) is 19.1. The molecule has 3 aromatic rings. The minimum atomic E-state index is 0.118. The third-order valence-electron chi connectivity index (χ3n) is 6.03. The van der Waals surface area contributed by atoms with Gasteiger partial charge in [-0.3, -0.25) is 9.69 Å². The van der Waals surface area contributed by atoms with Crippen LogP contribution in [0.15, 0.2) is 66.0 Å². The summed E-state index contributed by atoms with van der Waals surface area (Å²) < 4.78 is 0. The largest absolute Gasteiger partial charge is 0.338 e. The van der Waals surface area contributed by atoms with Gasteiger partial charge in [0.05, 0.1) is 10.7 Å². The fourth-order valence-corrected chi connectivity index (χ4v) is 4.89. The number of hydrogen-bond acceptors (Lipinski definition) is 4. The van der Waals surface area contributed by atoms with E-state index < -0.39 is 0 Å². The molecular weight excluding hydrogens is 402 g/mol. The van der Waals surface area contributed by atoms with E-state index >= 15 is 0 Å². The van der Waals surface area contributed by atoms with Crippen LogP contribution < -0.4 is 0 Å². The van der Waals surface area contributed by atoms with Crippen LogP contribution in [0.25, 0.3) is 0 Å². The summed E-state index contributed by atoms with van der Waals surface area (Å²) in [7, 11) is 0. The summed E-state index contributed by atoms with van der Waals surface area (Å²) in [5.74, 6) is 0.428. The van der Waals surface area contributed by atoms with Crippen molar-refractivity contribution >= 4 is 17.2 Å². The van der Waals surface area contributed by atoms with Gasteiger partial charge in [0.1, 0.15) is 0 Å². The third kappa shape index (κ3) is 6.25. The van der Waals surface area contributed by atoms with Crippen molar-refractivity contribution in [2.24, 2.45) is 5.92 Å². The molecule has 2 heterocycles. The molecule has 4 nitrogen and oxygen atoms in total. The number of aromatic nitrogens is 1. The number of carbonyl (C=O) groups excluding carboxylic acids is 1. The second kappa shape index (κ2) is 10.7. The Morgan fingerprint density at radius 3 is 2.29 bits per heavy atom. The predicted octanol–water partition coefficient (Wildman–Crippen LogP) is 4.94. The zero-order chi connectivity index (χ0) is 21.5. The SMILES string of the molecule is Cc1nc(CN2CCC(C(=O)N(CCc3ccccc3)Cc3ccccc3)CC2)cs1. The monoisotopic (exact) mass is 433 g/mol. The highest BCUT2D eigenvalue weighted by molar-refractivity contribution is 7.09. The molecule has 162 valence electrons. The van der Waals surface area contributed by atoms with Crippen molar-refractivity contribution < 1.29 is 4.79 Å². The normalized spacial score (nSPS) is 15.1. The van der Waals surface area contributed by atoms with Gasteiger partial charge < -0.3 is 4.90 Å². The molecule has 0 saturated carbocycles. The van der Waals surface area contributed by atoms with Crippen molar-refractivity contribution in [3.05, 3.63) is 87.9 Å². The molecule has 1 fully saturated rings. The maximum absolute atomic E-state index is 13.5. The smallest absolute Gasteiger partial charge is 0.226 e. The first kappa shape index (κ1) is 21.7. The van der Waals surface area contributed by atoms with Gasteiger partial charge in [-0.2, -0.15) is 0 Å². The minimum Gasteiger partial charge on any atom is -0.338 e. The maximum Gasteiger partial charge on any atom is 0.226 e. The van der Waals surface area contributed by atoms with Crippen molar-refractivity contribution in [1.29, 1.82) is 0 Å². The first-order valence-corrected chi connectivity index (χ1v) is 12.1. The van der Waals surface area contributed by atoms with Crippen LogP contribution in [0, 0.1) is 12.8 Å². The molecule has 0 atom stereocenters. The van der Waals surface area contributed by atoms with E-state index in [9.17, 15) is 4.79 Å². The van der Waals surface area contributed by atoms with Gasteiger partial charge in [0.2, 0.25) is 5.91 Å². The van der Waals surface area contributed by atoms with Gasteiger partial charge >= 0.3 is 0 Å². The van der Waals surface area contributed by atoms with E-state index in [1.165, 1.54) is 11.1 Å². The van der Waals surface area contributed by atoms with Gasteiger partial charge in [0.25, 0.3) is 0 Å². The van der Waals surface area contributed by atoms with Crippen molar-refractivity contribution in [3.8, 4) is 0 Å². The highest BCUT2D eigenvalue weighted by atomic mass is 32.1. The Morgan fingerprint density at radius 1 is 1.03 bits per heavy atom. The molecule has 1 aliphatic heterocycles. The van der Waals surface area contributed by atoms with Crippen LogP contribution in [0.3, 0.4) is 0 Å². The summed E-state index contributed by atoms with van der Waals surface area (Å²) in [6.07, 6.45) is 2.75. The van der Waals surface area contributed by atoms with Crippen LogP contribution in [0.5, 0.6) is 0 Å². The summed E-state index contributed by atoms with van der Waals surface area (Å²) >= 11 is 1.71. The Labute approximate surface area is 189 Å². The fraction of sp³-hybridized carbons (Fsp3) is 0.385. The lowest BCUT2D eigenvalue weighted by molar-refractivity contribution is -0.137. The van der Waals surface area contributed by atoms with E-state index in [0.717, 1.165) is 56.1 Å². The first-order chi connectivity index (χ1) is 15.2. The van der Waals surface area contributed by atoms with Crippen molar-refractivity contribution in [3.63, 3.8) is 0 Å². The highest BCUT2D eigenvalue weighted by Gasteiger charge is 2.28. The number of rotatable bonds is 8. The first-order valence-electron chi connectivity index (χ1n) is 11.2. The Morgan fingerprint density at radius 2 is 1.68 bits per heavy atom. The summed E-state index contributed by atoms with van der Waals surface area (Å²) in [5, 5.41) is 3.27. The summed E-state index contributed by atoms with van der Waals surface area (Å²) in [6, 6.07) is 20.8. The van der Waals surface area contributed by atoms with Crippen LogP contribution in [0.1, 0.15) is 34.7 Å². The molecule has 0 N–H and O–H groups in total.